The van der Waals surface area contributed by atoms with Gasteiger partial charge in [0.25, 0.3) is 0 Å². The minimum absolute atomic E-state index is 0.870. The van der Waals surface area contributed by atoms with Gasteiger partial charge in [-0.2, -0.15) is 0 Å². The number of hydrogen-bond donors (Lipinski definition) is 1. The van der Waals surface area contributed by atoms with Crippen LogP contribution in [0.5, 0.6) is 0 Å². The van der Waals surface area contributed by atoms with E-state index < -0.39 is 5.97 Å². The van der Waals surface area contributed by atoms with E-state index in [2.05, 4.69) is 31.9 Å². The highest BCUT2D eigenvalue weighted by molar-refractivity contribution is 9.12. The summed E-state index contributed by atoms with van der Waals surface area (Å²) < 4.78 is 1.89. The van der Waals surface area contributed by atoms with Crippen molar-refractivity contribution in [1.82, 2.24) is 0 Å². The van der Waals surface area contributed by atoms with Gasteiger partial charge in [0.1, 0.15) is 0 Å². The summed E-state index contributed by atoms with van der Waals surface area (Å²) in [4.78, 5) is 10.2. The van der Waals surface area contributed by atoms with Crippen molar-refractivity contribution in [2.75, 3.05) is 0 Å². The summed E-state index contributed by atoms with van der Waals surface area (Å²) >= 11 is 8.12. The Bertz CT molecular complexity index is 330. The van der Waals surface area contributed by atoms with Gasteiger partial charge in [-0.1, -0.05) is 0 Å². The highest BCUT2D eigenvalue weighted by atomic mass is 79.9. The summed E-state index contributed by atoms with van der Waals surface area (Å²) in [6.45, 7) is 0. The third-order valence-corrected chi connectivity index (χ3v) is 3.47. The van der Waals surface area contributed by atoms with Crippen molar-refractivity contribution in [2.24, 2.45) is 0 Å². The lowest BCUT2D eigenvalue weighted by atomic mass is 10.3. The number of carbonyl (C=O) groups is 1. The standard InChI is InChI=1S/C7H4Br2O2S/c8-5-3-4(7(9)12-5)1-2-6(10)11/h1-3H,(H,10,11)/b2-1-. The number of halogens is 2. The molecule has 0 fully saturated rings. The monoisotopic (exact) mass is 310 g/mol. The van der Waals surface area contributed by atoms with Crippen LogP contribution in [-0.2, 0) is 4.79 Å². The molecule has 2 nitrogen and oxygen atoms in total. The smallest absolute Gasteiger partial charge is 0.328 e. The first kappa shape index (κ1) is 9.95. The Morgan fingerprint density at radius 1 is 1.58 bits per heavy atom. The van der Waals surface area contributed by atoms with Gasteiger partial charge in [-0.05, 0) is 44.0 Å². The Morgan fingerprint density at radius 3 is 2.67 bits per heavy atom. The minimum Gasteiger partial charge on any atom is -0.478 e. The van der Waals surface area contributed by atoms with Crippen molar-refractivity contribution in [3.8, 4) is 0 Å². The largest absolute Gasteiger partial charge is 0.478 e. The van der Waals surface area contributed by atoms with E-state index in [1.54, 1.807) is 6.08 Å². The lowest BCUT2D eigenvalue weighted by Crippen LogP contribution is -1.84. The third-order valence-electron chi connectivity index (χ3n) is 1.09. The second-order valence-electron chi connectivity index (χ2n) is 1.95. The van der Waals surface area contributed by atoms with Gasteiger partial charge in [-0.25, -0.2) is 4.79 Å². The Hall–Kier alpha value is -0.130. The van der Waals surface area contributed by atoms with E-state index in [-0.39, 0.29) is 0 Å². The van der Waals surface area contributed by atoms with E-state index in [1.807, 2.05) is 6.07 Å². The van der Waals surface area contributed by atoms with Crippen molar-refractivity contribution in [1.29, 1.82) is 0 Å². The van der Waals surface area contributed by atoms with Gasteiger partial charge >= 0.3 is 5.97 Å². The van der Waals surface area contributed by atoms with Crippen molar-refractivity contribution in [3.63, 3.8) is 0 Å². The molecule has 0 aromatic carbocycles. The van der Waals surface area contributed by atoms with Crippen LogP contribution in [0.15, 0.2) is 19.7 Å². The van der Waals surface area contributed by atoms with Gasteiger partial charge in [-0.3, -0.25) is 0 Å². The zero-order valence-corrected chi connectivity index (χ0v) is 9.74. The summed E-state index contributed by atoms with van der Waals surface area (Å²) in [5, 5.41) is 8.36. The molecule has 12 heavy (non-hydrogen) atoms. The molecular formula is C7H4Br2O2S. The van der Waals surface area contributed by atoms with E-state index in [0.717, 1.165) is 19.2 Å². The molecule has 0 amide bonds. The SMILES string of the molecule is O=C(O)/C=C\c1cc(Br)sc1Br. The van der Waals surface area contributed by atoms with Crippen molar-refractivity contribution >= 4 is 55.2 Å². The average Bonchev–Trinajstić information content (AvgIpc) is 2.26. The molecule has 0 atom stereocenters. The van der Waals surface area contributed by atoms with Crippen LogP contribution in [0.2, 0.25) is 0 Å². The van der Waals surface area contributed by atoms with E-state index in [9.17, 15) is 4.79 Å². The predicted octanol–water partition coefficient (Wildman–Crippen LogP) is 3.37. The van der Waals surface area contributed by atoms with E-state index in [0.29, 0.717) is 0 Å². The van der Waals surface area contributed by atoms with Crippen LogP contribution in [-0.4, -0.2) is 11.1 Å². The molecule has 0 saturated carbocycles. The maximum absolute atomic E-state index is 10.2. The van der Waals surface area contributed by atoms with Gasteiger partial charge in [0, 0.05) is 11.6 Å². The average molecular weight is 312 g/mol. The Morgan fingerprint density at radius 2 is 2.25 bits per heavy atom. The molecule has 1 aromatic rings. The lowest BCUT2D eigenvalue weighted by molar-refractivity contribution is -0.131. The van der Waals surface area contributed by atoms with Crippen LogP contribution in [0.1, 0.15) is 5.56 Å². The van der Waals surface area contributed by atoms with Gasteiger partial charge in [-0.15, -0.1) is 11.3 Å². The normalized spacial score (nSPS) is 10.8. The molecular weight excluding hydrogens is 308 g/mol. The molecule has 0 aliphatic carbocycles. The summed E-state index contributed by atoms with van der Waals surface area (Å²) in [6, 6.07) is 1.86. The van der Waals surface area contributed by atoms with E-state index >= 15 is 0 Å². The molecule has 1 aromatic heterocycles. The number of rotatable bonds is 2. The zero-order valence-electron chi connectivity index (χ0n) is 5.75. The summed E-state index contributed by atoms with van der Waals surface area (Å²) in [5.74, 6) is -0.941. The van der Waals surface area contributed by atoms with E-state index in [1.165, 1.54) is 11.3 Å². The van der Waals surface area contributed by atoms with Crippen LogP contribution in [0, 0.1) is 0 Å². The molecule has 1 N–H and O–H groups in total. The highest BCUT2D eigenvalue weighted by Gasteiger charge is 2.01. The maximum Gasteiger partial charge on any atom is 0.328 e. The minimum atomic E-state index is -0.941. The summed E-state index contributed by atoms with van der Waals surface area (Å²) in [6.07, 6.45) is 2.66. The van der Waals surface area contributed by atoms with E-state index in [4.69, 9.17) is 5.11 Å². The molecule has 64 valence electrons. The molecule has 0 spiro atoms. The number of aliphatic carboxylic acids is 1. The fourth-order valence-corrected chi connectivity index (χ4v) is 3.38. The van der Waals surface area contributed by atoms with Gasteiger partial charge in [0.2, 0.25) is 0 Å². The molecule has 1 heterocycles. The molecule has 0 saturated heterocycles. The Balaban J connectivity index is 2.89. The summed E-state index contributed by atoms with van der Waals surface area (Å²) in [7, 11) is 0. The van der Waals surface area contributed by atoms with Crippen LogP contribution < -0.4 is 0 Å². The van der Waals surface area contributed by atoms with Crippen molar-refractivity contribution in [2.45, 2.75) is 0 Å². The quantitative estimate of drug-likeness (QED) is 0.850. The number of carboxylic acid groups (broad SMARTS) is 1. The van der Waals surface area contributed by atoms with Gasteiger partial charge in [0.15, 0.2) is 0 Å². The zero-order chi connectivity index (χ0) is 9.14. The third kappa shape index (κ3) is 2.73. The highest BCUT2D eigenvalue weighted by Crippen LogP contribution is 2.32. The van der Waals surface area contributed by atoms with Crippen molar-refractivity contribution < 1.29 is 9.90 Å². The topological polar surface area (TPSA) is 37.3 Å². The molecule has 0 unspecified atom stereocenters. The fraction of sp³-hybridized carbons (Fsp3) is 0. The molecule has 5 heteroatoms. The lowest BCUT2D eigenvalue weighted by Gasteiger charge is -1.84. The Labute approximate surface area is 90.2 Å². The number of thiophene rings is 1. The van der Waals surface area contributed by atoms with Crippen LogP contribution in [0.4, 0.5) is 0 Å². The van der Waals surface area contributed by atoms with Crippen LogP contribution in [0.3, 0.4) is 0 Å². The van der Waals surface area contributed by atoms with Gasteiger partial charge in [0.05, 0.1) is 7.57 Å². The van der Waals surface area contributed by atoms with Crippen molar-refractivity contribution in [3.05, 3.63) is 25.3 Å². The first-order valence-electron chi connectivity index (χ1n) is 2.95. The van der Waals surface area contributed by atoms with Crippen LogP contribution in [0.25, 0.3) is 6.08 Å². The number of carboxylic acids is 1. The second kappa shape index (κ2) is 4.20. The Kier molecular flexibility index (Phi) is 3.49. The van der Waals surface area contributed by atoms with Gasteiger partial charge < -0.3 is 5.11 Å². The molecule has 1 rings (SSSR count). The van der Waals surface area contributed by atoms with Crippen LogP contribution >= 0.6 is 43.2 Å². The molecule has 0 radical (unpaired) electrons. The first-order chi connectivity index (χ1) is 5.59. The predicted molar refractivity (Wildman–Crippen MR) is 56.4 cm³/mol. The molecule has 0 aliphatic rings. The fourth-order valence-electron chi connectivity index (χ4n) is 0.628. The number of hydrogen-bond acceptors (Lipinski definition) is 2. The molecule has 0 aliphatic heterocycles. The molecule has 0 bridgehead atoms. The maximum atomic E-state index is 10.2. The summed E-state index contributed by atoms with van der Waals surface area (Å²) in [5.41, 5.74) is 0.870. The second-order valence-corrected chi connectivity index (χ2v) is 5.70. The first-order valence-corrected chi connectivity index (χ1v) is 5.35.